The van der Waals surface area contributed by atoms with E-state index in [1.165, 1.54) is 6.92 Å². The lowest BCUT2D eigenvalue weighted by molar-refractivity contribution is -0.123. The van der Waals surface area contributed by atoms with E-state index in [1.54, 1.807) is 24.3 Å². The summed E-state index contributed by atoms with van der Waals surface area (Å²) in [6.07, 6.45) is 2.69. The first kappa shape index (κ1) is 22.4. The molecule has 0 saturated carbocycles. The maximum Gasteiger partial charge on any atom is 0.220 e. The number of nitrogens with two attached hydrogens (primary N) is 1. The highest BCUT2D eigenvalue weighted by Crippen LogP contribution is 2.15. The van der Waals surface area contributed by atoms with Gasteiger partial charge in [0.2, 0.25) is 5.91 Å². The molecule has 0 atom stereocenters. The first-order valence-electron chi connectivity index (χ1n) is 8.21. The fourth-order valence-electron chi connectivity index (χ4n) is 2.33. The monoisotopic (exact) mass is 356 g/mol. The van der Waals surface area contributed by atoms with Crippen LogP contribution in [0.5, 0.6) is 5.75 Å². The fraction of sp³-hybridized carbons (Fsp3) is 0.556. The summed E-state index contributed by atoms with van der Waals surface area (Å²) in [5.41, 5.74) is 6.15. The van der Waals surface area contributed by atoms with Crippen LogP contribution in [0.3, 0.4) is 0 Å². The largest absolute Gasteiger partial charge is 0.494 e. The summed E-state index contributed by atoms with van der Waals surface area (Å²) < 4.78 is 5.58. The second kappa shape index (κ2) is 11.0. The molecule has 0 spiro atoms. The van der Waals surface area contributed by atoms with Crippen molar-refractivity contribution in [2.75, 3.05) is 13.2 Å². The Bertz CT molecular complexity index is 505. The SMILES string of the molecule is CCC(CC)(CN)NC(=O)CCCOc1ccc(C(C)=O)cc1.Cl. The second-order valence-electron chi connectivity index (χ2n) is 5.77. The van der Waals surface area contributed by atoms with Gasteiger partial charge in [0.05, 0.1) is 12.1 Å². The van der Waals surface area contributed by atoms with Crippen molar-refractivity contribution in [3.63, 3.8) is 0 Å². The van der Waals surface area contributed by atoms with Crippen molar-refractivity contribution in [2.45, 2.75) is 52.0 Å². The highest BCUT2D eigenvalue weighted by molar-refractivity contribution is 5.94. The molecule has 6 heteroatoms. The van der Waals surface area contributed by atoms with E-state index in [4.69, 9.17) is 10.5 Å². The molecule has 0 saturated heterocycles. The van der Waals surface area contributed by atoms with Gasteiger partial charge in [0.1, 0.15) is 5.75 Å². The number of halogens is 1. The Morgan fingerprint density at radius 2 is 1.75 bits per heavy atom. The lowest BCUT2D eigenvalue weighted by atomic mass is 9.92. The summed E-state index contributed by atoms with van der Waals surface area (Å²) in [7, 11) is 0. The Kier molecular flexibility index (Phi) is 10.3. The highest BCUT2D eigenvalue weighted by atomic mass is 35.5. The van der Waals surface area contributed by atoms with E-state index in [0.29, 0.717) is 37.3 Å². The molecule has 24 heavy (non-hydrogen) atoms. The Labute approximate surface area is 150 Å². The van der Waals surface area contributed by atoms with Crippen LogP contribution in [0.2, 0.25) is 0 Å². The van der Waals surface area contributed by atoms with Gasteiger partial charge in [-0.05, 0) is 50.5 Å². The molecule has 1 aromatic carbocycles. The van der Waals surface area contributed by atoms with Gasteiger partial charge < -0.3 is 15.8 Å². The number of nitrogens with one attached hydrogen (secondary N) is 1. The van der Waals surface area contributed by atoms with E-state index < -0.39 is 0 Å². The molecule has 0 aliphatic rings. The van der Waals surface area contributed by atoms with Crippen molar-refractivity contribution < 1.29 is 14.3 Å². The summed E-state index contributed by atoms with van der Waals surface area (Å²) in [5.74, 6) is 0.743. The molecule has 136 valence electrons. The van der Waals surface area contributed by atoms with Gasteiger partial charge in [-0.2, -0.15) is 0 Å². The number of Topliss-reactive ketones (excluding diaryl/α,β-unsaturated/α-hetero) is 1. The van der Waals surface area contributed by atoms with Crippen molar-refractivity contribution in [1.29, 1.82) is 0 Å². The molecule has 3 N–H and O–H groups in total. The number of ketones is 1. The number of carbonyl (C=O) groups excluding carboxylic acids is 2. The summed E-state index contributed by atoms with van der Waals surface area (Å²) in [6, 6.07) is 7.01. The standard InChI is InChI=1S/C18H28N2O3.ClH/c1-4-18(5-2,13-19)20-17(22)7-6-12-23-16-10-8-15(9-11-16)14(3)21;/h8-11H,4-7,12-13,19H2,1-3H3,(H,20,22);1H. The average molecular weight is 357 g/mol. The zero-order chi connectivity index (χ0) is 17.3. The highest BCUT2D eigenvalue weighted by Gasteiger charge is 2.25. The average Bonchev–Trinajstić information content (AvgIpc) is 2.57. The molecular formula is C18H29ClN2O3. The van der Waals surface area contributed by atoms with Crippen LogP contribution >= 0.6 is 12.4 Å². The van der Waals surface area contributed by atoms with Crippen molar-refractivity contribution in [1.82, 2.24) is 5.32 Å². The van der Waals surface area contributed by atoms with Crippen LogP contribution in [-0.2, 0) is 4.79 Å². The van der Waals surface area contributed by atoms with Crippen LogP contribution in [-0.4, -0.2) is 30.4 Å². The van der Waals surface area contributed by atoms with E-state index in [0.717, 1.165) is 12.8 Å². The molecule has 0 fully saturated rings. The molecule has 1 amide bonds. The molecule has 0 radical (unpaired) electrons. The minimum absolute atomic E-state index is 0. The number of hydrogen-bond donors (Lipinski definition) is 2. The van der Waals surface area contributed by atoms with E-state index in [2.05, 4.69) is 5.32 Å². The number of hydrogen-bond acceptors (Lipinski definition) is 4. The summed E-state index contributed by atoms with van der Waals surface area (Å²) in [6.45, 7) is 6.50. The zero-order valence-corrected chi connectivity index (χ0v) is 15.6. The van der Waals surface area contributed by atoms with Gasteiger partial charge in [-0.15, -0.1) is 12.4 Å². The van der Waals surface area contributed by atoms with Crippen molar-refractivity contribution in [3.8, 4) is 5.75 Å². The summed E-state index contributed by atoms with van der Waals surface area (Å²) in [5, 5.41) is 3.04. The first-order chi connectivity index (χ1) is 11.0. The van der Waals surface area contributed by atoms with Crippen molar-refractivity contribution in [2.24, 2.45) is 5.73 Å². The smallest absolute Gasteiger partial charge is 0.220 e. The minimum Gasteiger partial charge on any atom is -0.494 e. The molecule has 0 unspecified atom stereocenters. The van der Waals surface area contributed by atoms with Crippen LogP contribution < -0.4 is 15.8 Å². The number of rotatable bonds is 10. The molecule has 1 aromatic rings. The van der Waals surface area contributed by atoms with E-state index in [9.17, 15) is 9.59 Å². The first-order valence-corrected chi connectivity index (χ1v) is 8.21. The van der Waals surface area contributed by atoms with Crippen LogP contribution in [0.4, 0.5) is 0 Å². The molecule has 0 aromatic heterocycles. The third-order valence-corrected chi connectivity index (χ3v) is 4.23. The number of amides is 1. The molecule has 0 aliphatic heterocycles. The van der Waals surface area contributed by atoms with Crippen LogP contribution in [0.15, 0.2) is 24.3 Å². The Morgan fingerprint density at radius 3 is 2.21 bits per heavy atom. The second-order valence-corrected chi connectivity index (χ2v) is 5.77. The quantitative estimate of drug-likeness (QED) is 0.498. The van der Waals surface area contributed by atoms with Crippen molar-refractivity contribution in [3.05, 3.63) is 29.8 Å². The van der Waals surface area contributed by atoms with Gasteiger partial charge >= 0.3 is 0 Å². The lowest BCUT2D eigenvalue weighted by Gasteiger charge is -2.31. The van der Waals surface area contributed by atoms with E-state index in [1.807, 2.05) is 13.8 Å². The predicted molar refractivity (Wildman–Crippen MR) is 98.9 cm³/mol. The normalized spacial score (nSPS) is 10.7. The van der Waals surface area contributed by atoms with Gasteiger partial charge in [0.15, 0.2) is 5.78 Å². The number of ether oxygens (including phenoxy) is 1. The zero-order valence-electron chi connectivity index (χ0n) is 14.8. The maximum atomic E-state index is 12.0. The van der Waals surface area contributed by atoms with Gasteiger partial charge in [0.25, 0.3) is 0 Å². The van der Waals surface area contributed by atoms with Gasteiger partial charge in [-0.25, -0.2) is 0 Å². The van der Waals surface area contributed by atoms with Gasteiger partial charge in [-0.1, -0.05) is 13.8 Å². The van der Waals surface area contributed by atoms with Gasteiger partial charge in [-0.3, -0.25) is 9.59 Å². The molecule has 0 bridgehead atoms. The third kappa shape index (κ3) is 6.89. The van der Waals surface area contributed by atoms with Gasteiger partial charge in [0, 0.05) is 18.5 Å². The number of carbonyl (C=O) groups is 2. The predicted octanol–water partition coefficient (Wildman–Crippen LogP) is 3.10. The van der Waals surface area contributed by atoms with Crippen molar-refractivity contribution >= 4 is 24.1 Å². The Balaban J connectivity index is 0.00000529. The molecule has 5 nitrogen and oxygen atoms in total. The minimum atomic E-state index is -0.291. The third-order valence-electron chi connectivity index (χ3n) is 4.23. The molecule has 1 rings (SSSR count). The van der Waals surface area contributed by atoms with E-state index >= 15 is 0 Å². The molecule has 0 heterocycles. The molecule has 0 aliphatic carbocycles. The fourth-order valence-corrected chi connectivity index (χ4v) is 2.33. The number of benzene rings is 1. The summed E-state index contributed by atoms with van der Waals surface area (Å²) in [4.78, 5) is 23.2. The molecular weight excluding hydrogens is 328 g/mol. The maximum absolute atomic E-state index is 12.0. The van der Waals surface area contributed by atoms with Crippen LogP contribution in [0, 0.1) is 0 Å². The van der Waals surface area contributed by atoms with E-state index in [-0.39, 0.29) is 29.6 Å². The Hall–Kier alpha value is -1.59. The van der Waals surface area contributed by atoms with Crippen LogP contribution in [0.1, 0.15) is 56.8 Å². The lowest BCUT2D eigenvalue weighted by Crippen LogP contribution is -2.52. The topological polar surface area (TPSA) is 81.4 Å². The summed E-state index contributed by atoms with van der Waals surface area (Å²) >= 11 is 0. The van der Waals surface area contributed by atoms with Crippen LogP contribution in [0.25, 0.3) is 0 Å². The Morgan fingerprint density at radius 1 is 1.17 bits per heavy atom.